The molecule has 25 heavy (non-hydrogen) atoms. The summed E-state index contributed by atoms with van der Waals surface area (Å²) in [6.07, 6.45) is 0.743. The lowest BCUT2D eigenvalue weighted by molar-refractivity contribution is -0.0509. The lowest BCUT2D eigenvalue weighted by atomic mass is 10.00. The second kappa shape index (κ2) is 7.19. The molecular weight excluding hydrogens is 322 g/mol. The fourth-order valence-electron chi connectivity index (χ4n) is 2.48. The Labute approximate surface area is 144 Å². The van der Waals surface area contributed by atoms with Crippen molar-refractivity contribution in [3.8, 4) is 5.75 Å². The highest BCUT2D eigenvalue weighted by molar-refractivity contribution is 6.12. The minimum atomic E-state index is -0.992. The van der Waals surface area contributed by atoms with Crippen LogP contribution in [0.4, 0.5) is 5.69 Å². The third kappa shape index (κ3) is 3.54. The smallest absolute Gasteiger partial charge is 0.335 e. The fraction of sp³-hybridized carbons (Fsp3) is 0.158. The third-order valence-electron chi connectivity index (χ3n) is 3.73. The number of carbonyl (C=O) groups excluding carboxylic acids is 1. The van der Waals surface area contributed by atoms with Crippen molar-refractivity contribution in [3.05, 3.63) is 71.4 Å². The third-order valence-corrected chi connectivity index (χ3v) is 3.73. The summed E-state index contributed by atoms with van der Waals surface area (Å²) in [5.74, 6) is -0.669. The molecule has 6 heteroatoms. The SMILES string of the molecule is CCOC1Oc2ccccc2C(=O)C1=CNc1ccc(C(=O)O)cc1. The molecule has 6 nitrogen and oxygen atoms in total. The summed E-state index contributed by atoms with van der Waals surface area (Å²) in [5, 5.41) is 11.9. The van der Waals surface area contributed by atoms with E-state index >= 15 is 0 Å². The van der Waals surface area contributed by atoms with E-state index < -0.39 is 12.3 Å². The molecule has 0 fully saturated rings. The Balaban J connectivity index is 1.86. The lowest BCUT2D eigenvalue weighted by Gasteiger charge is -2.27. The van der Waals surface area contributed by atoms with Crippen LogP contribution in [0.1, 0.15) is 27.6 Å². The van der Waals surface area contributed by atoms with E-state index in [2.05, 4.69) is 5.32 Å². The molecule has 2 N–H and O–H groups in total. The summed E-state index contributed by atoms with van der Waals surface area (Å²) in [4.78, 5) is 23.6. The van der Waals surface area contributed by atoms with Gasteiger partial charge in [0.15, 0.2) is 5.78 Å². The topological polar surface area (TPSA) is 84.9 Å². The van der Waals surface area contributed by atoms with Gasteiger partial charge in [0.25, 0.3) is 0 Å². The molecule has 2 aromatic carbocycles. The van der Waals surface area contributed by atoms with Gasteiger partial charge in [-0.05, 0) is 43.3 Å². The Bertz CT molecular complexity index is 826. The van der Waals surface area contributed by atoms with Gasteiger partial charge < -0.3 is 19.9 Å². The average molecular weight is 339 g/mol. The average Bonchev–Trinajstić information content (AvgIpc) is 2.62. The maximum Gasteiger partial charge on any atom is 0.335 e. The number of ketones is 1. The second-order valence-electron chi connectivity index (χ2n) is 5.36. The summed E-state index contributed by atoms with van der Waals surface area (Å²) in [7, 11) is 0. The van der Waals surface area contributed by atoms with Crippen LogP contribution < -0.4 is 10.1 Å². The molecule has 1 heterocycles. The Kier molecular flexibility index (Phi) is 4.81. The van der Waals surface area contributed by atoms with E-state index in [0.717, 1.165) is 0 Å². The van der Waals surface area contributed by atoms with Gasteiger partial charge in [-0.3, -0.25) is 4.79 Å². The van der Waals surface area contributed by atoms with Gasteiger partial charge in [-0.15, -0.1) is 0 Å². The summed E-state index contributed by atoms with van der Waals surface area (Å²) in [6.45, 7) is 2.22. The van der Waals surface area contributed by atoms with Crippen molar-refractivity contribution in [2.24, 2.45) is 0 Å². The lowest BCUT2D eigenvalue weighted by Crippen LogP contribution is -2.33. The molecule has 3 rings (SSSR count). The van der Waals surface area contributed by atoms with Gasteiger partial charge in [-0.1, -0.05) is 12.1 Å². The Hall–Kier alpha value is -3.12. The summed E-state index contributed by atoms with van der Waals surface area (Å²) in [6, 6.07) is 13.2. The van der Waals surface area contributed by atoms with Gasteiger partial charge in [-0.2, -0.15) is 0 Å². The number of nitrogens with one attached hydrogen (secondary N) is 1. The van der Waals surface area contributed by atoms with Gasteiger partial charge in [-0.25, -0.2) is 4.79 Å². The predicted molar refractivity (Wildman–Crippen MR) is 91.9 cm³/mol. The van der Waals surface area contributed by atoms with Gasteiger partial charge in [0.1, 0.15) is 5.75 Å². The molecule has 1 aliphatic rings. The van der Waals surface area contributed by atoms with Crippen molar-refractivity contribution in [1.29, 1.82) is 0 Å². The molecule has 2 aromatic rings. The highest BCUT2D eigenvalue weighted by Crippen LogP contribution is 2.31. The van der Waals surface area contributed by atoms with E-state index in [0.29, 0.717) is 29.2 Å². The van der Waals surface area contributed by atoms with Crippen LogP contribution in [0.2, 0.25) is 0 Å². The number of ether oxygens (including phenoxy) is 2. The van der Waals surface area contributed by atoms with Crippen LogP contribution in [-0.2, 0) is 4.74 Å². The van der Waals surface area contributed by atoms with E-state index in [-0.39, 0.29) is 11.3 Å². The molecular formula is C19H17NO5. The second-order valence-corrected chi connectivity index (χ2v) is 5.36. The number of para-hydroxylation sites is 1. The first kappa shape index (κ1) is 16.7. The first-order valence-electron chi connectivity index (χ1n) is 7.82. The number of hydrogen-bond acceptors (Lipinski definition) is 5. The molecule has 1 atom stereocenters. The number of rotatable bonds is 5. The number of carboxylic acids is 1. The van der Waals surface area contributed by atoms with E-state index in [1.54, 1.807) is 36.4 Å². The molecule has 0 amide bonds. The number of aromatic carboxylic acids is 1. The minimum Gasteiger partial charge on any atom is -0.478 e. The zero-order valence-corrected chi connectivity index (χ0v) is 13.6. The van der Waals surface area contributed by atoms with E-state index in [1.165, 1.54) is 18.3 Å². The zero-order valence-electron chi connectivity index (χ0n) is 13.6. The van der Waals surface area contributed by atoms with Crippen LogP contribution in [0.25, 0.3) is 0 Å². The summed E-state index contributed by atoms with van der Waals surface area (Å²) >= 11 is 0. The van der Waals surface area contributed by atoms with Crippen molar-refractivity contribution >= 4 is 17.4 Å². The molecule has 1 unspecified atom stereocenters. The number of carboxylic acid groups (broad SMARTS) is 1. The van der Waals surface area contributed by atoms with Crippen LogP contribution in [0, 0.1) is 0 Å². The number of anilines is 1. The van der Waals surface area contributed by atoms with Crippen LogP contribution >= 0.6 is 0 Å². The zero-order chi connectivity index (χ0) is 17.8. The minimum absolute atomic E-state index is 0.171. The highest BCUT2D eigenvalue weighted by atomic mass is 16.7. The fourth-order valence-corrected chi connectivity index (χ4v) is 2.48. The van der Waals surface area contributed by atoms with Crippen LogP contribution in [0.15, 0.2) is 60.3 Å². The summed E-state index contributed by atoms with van der Waals surface area (Å²) < 4.78 is 11.3. The first-order valence-corrected chi connectivity index (χ1v) is 7.82. The first-order chi connectivity index (χ1) is 12.1. The maximum atomic E-state index is 12.7. The molecule has 128 valence electrons. The number of fused-ring (bicyclic) bond motifs is 1. The van der Waals surface area contributed by atoms with Crippen molar-refractivity contribution in [1.82, 2.24) is 0 Å². The molecule has 0 radical (unpaired) electrons. The van der Waals surface area contributed by atoms with Crippen LogP contribution in [0.5, 0.6) is 5.75 Å². The quantitative estimate of drug-likeness (QED) is 0.813. The standard InChI is InChI=1S/C19H17NO5/c1-2-24-19-15(17(21)14-5-3-4-6-16(14)25-19)11-20-13-9-7-12(8-10-13)18(22)23/h3-11,19-20H,2H2,1H3,(H,22,23). The Morgan fingerprint density at radius 2 is 1.96 bits per heavy atom. The monoisotopic (exact) mass is 339 g/mol. The van der Waals surface area contributed by atoms with Gasteiger partial charge in [0.2, 0.25) is 6.29 Å². The van der Waals surface area contributed by atoms with Crippen LogP contribution in [0.3, 0.4) is 0 Å². The molecule has 0 saturated heterocycles. The summed E-state index contributed by atoms with van der Waals surface area (Å²) in [5.41, 5.74) is 1.67. The maximum absolute atomic E-state index is 12.7. The van der Waals surface area contributed by atoms with Gasteiger partial charge >= 0.3 is 5.97 Å². The normalized spacial score (nSPS) is 17.7. The molecule has 0 saturated carbocycles. The molecule has 0 aliphatic carbocycles. The van der Waals surface area contributed by atoms with Crippen LogP contribution in [-0.4, -0.2) is 29.8 Å². The highest BCUT2D eigenvalue weighted by Gasteiger charge is 2.32. The molecule has 0 bridgehead atoms. The van der Waals surface area contributed by atoms with E-state index in [1.807, 2.05) is 6.92 Å². The number of hydrogen-bond donors (Lipinski definition) is 2. The Morgan fingerprint density at radius 1 is 1.24 bits per heavy atom. The largest absolute Gasteiger partial charge is 0.478 e. The van der Waals surface area contributed by atoms with Gasteiger partial charge in [0.05, 0.1) is 16.7 Å². The number of carbonyl (C=O) groups is 2. The van der Waals surface area contributed by atoms with E-state index in [9.17, 15) is 9.59 Å². The van der Waals surface area contributed by atoms with E-state index in [4.69, 9.17) is 14.6 Å². The Morgan fingerprint density at radius 3 is 2.64 bits per heavy atom. The molecule has 0 aromatic heterocycles. The number of benzene rings is 2. The van der Waals surface area contributed by atoms with Crippen molar-refractivity contribution < 1.29 is 24.2 Å². The van der Waals surface area contributed by atoms with Crippen molar-refractivity contribution in [2.45, 2.75) is 13.2 Å². The number of Topliss-reactive ketones (excluding diaryl/α,β-unsaturated/α-hetero) is 1. The predicted octanol–water partition coefficient (Wildman–Crippen LogP) is 3.32. The molecule has 0 spiro atoms. The van der Waals surface area contributed by atoms with Gasteiger partial charge in [0, 0.05) is 18.5 Å². The van der Waals surface area contributed by atoms with Crippen molar-refractivity contribution in [2.75, 3.05) is 11.9 Å². The molecule has 1 aliphatic heterocycles. The van der Waals surface area contributed by atoms with Crippen molar-refractivity contribution in [3.63, 3.8) is 0 Å².